The number of rotatable bonds is 6. The van der Waals surface area contributed by atoms with Crippen molar-refractivity contribution in [1.29, 1.82) is 0 Å². The average molecular weight is 339 g/mol. The molecule has 0 fully saturated rings. The van der Waals surface area contributed by atoms with Gasteiger partial charge in [-0.1, -0.05) is 29.4 Å². The van der Waals surface area contributed by atoms with Crippen molar-refractivity contribution in [2.24, 2.45) is 5.16 Å². The molecule has 0 atom stereocenters. The van der Waals surface area contributed by atoms with Gasteiger partial charge in [-0.25, -0.2) is 4.79 Å². The largest absolute Gasteiger partial charge is 0.378 e. The van der Waals surface area contributed by atoms with E-state index < -0.39 is 10.9 Å². The lowest BCUT2D eigenvalue weighted by atomic mass is 10.2. The first kappa shape index (κ1) is 17.9. The van der Waals surface area contributed by atoms with Gasteiger partial charge in [-0.2, -0.15) is 0 Å². The van der Waals surface area contributed by atoms with Gasteiger partial charge in [0.25, 0.3) is 5.69 Å². The molecule has 2 aromatic rings. The first-order chi connectivity index (χ1) is 12.0. The van der Waals surface area contributed by atoms with Crippen LogP contribution >= 0.6 is 0 Å². The maximum Gasteiger partial charge on any atom is 0.358 e. The molecular formula is C18H17N3O4. The zero-order chi connectivity index (χ0) is 18.2. The fraction of sp³-hybridized carbons (Fsp3) is 0.111. The minimum absolute atomic E-state index is 0.0466. The fourth-order valence-electron chi connectivity index (χ4n) is 1.93. The molecule has 2 rings (SSSR count). The molecule has 25 heavy (non-hydrogen) atoms. The van der Waals surface area contributed by atoms with Gasteiger partial charge in [-0.05, 0) is 29.3 Å². The minimum Gasteiger partial charge on any atom is -0.378 e. The number of nitrogens with zero attached hydrogens (tertiary/aromatic N) is 3. The molecule has 0 aliphatic heterocycles. The summed E-state index contributed by atoms with van der Waals surface area (Å²) in [7, 11) is 3.89. The van der Waals surface area contributed by atoms with Gasteiger partial charge in [0.05, 0.1) is 11.1 Å². The summed E-state index contributed by atoms with van der Waals surface area (Å²) in [5.41, 5.74) is 2.32. The fourth-order valence-corrected chi connectivity index (χ4v) is 1.93. The Morgan fingerprint density at radius 3 is 2.52 bits per heavy atom. The predicted octanol–water partition coefficient (Wildman–Crippen LogP) is 3.25. The predicted molar refractivity (Wildman–Crippen MR) is 96.6 cm³/mol. The maximum atomic E-state index is 11.6. The average Bonchev–Trinajstić information content (AvgIpc) is 2.60. The first-order valence-electron chi connectivity index (χ1n) is 7.40. The van der Waals surface area contributed by atoms with Crippen LogP contribution in [0.3, 0.4) is 0 Å². The van der Waals surface area contributed by atoms with Gasteiger partial charge in [0.2, 0.25) is 0 Å². The Labute approximate surface area is 145 Å². The quantitative estimate of drug-likeness (QED) is 0.265. The summed E-state index contributed by atoms with van der Waals surface area (Å²) < 4.78 is 0. The molecule has 0 unspecified atom stereocenters. The molecule has 0 radical (unpaired) electrons. The van der Waals surface area contributed by atoms with Crippen molar-refractivity contribution in [3.05, 3.63) is 75.8 Å². The van der Waals surface area contributed by atoms with Gasteiger partial charge in [-0.15, -0.1) is 0 Å². The Morgan fingerprint density at radius 1 is 1.16 bits per heavy atom. The van der Waals surface area contributed by atoms with Crippen LogP contribution in [0.15, 0.2) is 59.8 Å². The van der Waals surface area contributed by atoms with Crippen LogP contribution in [0, 0.1) is 10.1 Å². The van der Waals surface area contributed by atoms with Gasteiger partial charge in [0, 0.05) is 38.0 Å². The van der Waals surface area contributed by atoms with E-state index >= 15 is 0 Å². The molecule has 0 saturated carbocycles. The molecule has 0 heterocycles. The zero-order valence-electron chi connectivity index (χ0n) is 13.8. The van der Waals surface area contributed by atoms with E-state index in [1.54, 1.807) is 12.1 Å². The third kappa shape index (κ3) is 5.58. The van der Waals surface area contributed by atoms with Gasteiger partial charge >= 0.3 is 5.97 Å². The Kier molecular flexibility index (Phi) is 6.00. The van der Waals surface area contributed by atoms with Gasteiger partial charge < -0.3 is 9.74 Å². The number of anilines is 1. The number of benzene rings is 2. The second-order valence-corrected chi connectivity index (χ2v) is 5.32. The molecular weight excluding hydrogens is 322 g/mol. The van der Waals surface area contributed by atoms with Crippen LogP contribution in [-0.4, -0.2) is 31.2 Å². The molecule has 0 amide bonds. The Hall–Kier alpha value is -3.48. The summed E-state index contributed by atoms with van der Waals surface area (Å²) in [6, 6.07) is 13.5. The van der Waals surface area contributed by atoms with Crippen LogP contribution in [0.5, 0.6) is 0 Å². The molecule has 128 valence electrons. The number of nitro benzene ring substituents is 1. The highest BCUT2D eigenvalue weighted by Gasteiger charge is 2.04. The monoisotopic (exact) mass is 339 g/mol. The summed E-state index contributed by atoms with van der Waals surface area (Å²) in [6.45, 7) is 0. The number of carbonyl (C=O) groups excluding carboxylic acids is 1. The second kappa shape index (κ2) is 8.39. The number of hydrogen-bond donors (Lipinski definition) is 0. The van der Waals surface area contributed by atoms with Crippen LogP contribution in [0.25, 0.3) is 6.08 Å². The van der Waals surface area contributed by atoms with E-state index in [2.05, 4.69) is 5.16 Å². The van der Waals surface area contributed by atoms with Crippen LogP contribution < -0.4 is 4.90 Å². The zero-order valence-corrected chi connectivity index (χ0v) is 13.8. The normalized spacial score (nSPS) is 11.0. The number of nitro groups is 1. The number of carbonyl (C=O) groups is 1. The highest BCUT2D eigenvalue weighted by Crippen LogP contribution is 2.14. The topological polar surface area (TPSA) is 85.0 Å². The Balaban J connectivity index is 1.91. The van der Waals surface area contributed by atoms with Gasteiger partial charge in [0.1, 0.15) is 0 Å². The summed E-state index contributed by atoms with van der Waals surface area (Å²) in [5, 5.41) is 14.3. The van der Waals surface area contributed by atoms with Crippen molar-refractivity contribution in [2.75, 3.05) is 19.0 Å². The van der Waals surface area contributed by atoms with E-state index in [1.807, 2.05) is 43.3 Å². The van der Waals surface area contributed by atoms with Crippen molar-refractivity contribution >= 4 is 29.6 Å². The van der Waals surface area contributed by atoms with E-state index in [1.165, 1.54) is 24.4 Å². The van der Waals surface area contributed by atoms with Crippen LogP contribution in [-0.2, 0) is 9.63 Å². The van der Waals surface area contributed by atoms with Crippen molar-refractivity contribution in [2.45, 2.75) is 0 Å². The van der Waals surface area contributed by atoms with E-state index in [0.717, 1.165) is 17.3 Å². The number of hydrogen-bond acceptors (Lipinski definition) is 6. The third-order valence-electron chi connectivity index (χ3n) is 3.25. The summed E-state index contributed by atoms with van der Waals surface area (Å²) >= 11 is 0. The van der Waals surface area contributed by atoms with Crippen molar-refractivity contribution < 1.29 is 14.6 Å². The minimum atomic E-state index is -0.673. The molecule has 0 N–H and O–H groups in total. The van der Waals surface area contributed by atoms with E-state index in [4.69, 9.17) is 4.84 Å². The van der Waals surface area contributed by atoms with Gasteiger partial charge in [0.15, 0.2) is 0 Å². The molecule has 0 saturated heterocycles. The van der Waals surface area contributed by atoms with Crippen LogP contribution in [0.1, 0.15) is 11.1 Å². The SMILES string of the molecule is CN(C)c1ccc(/C=N/OC(=O)/C=C/c2cccc([N+](=O)[O-])c2)cc1. The first-order valence-corrected chi connectivity index (χ1v) is 7.40. The van der Waals surface area contributed by atoms with Crippen molar-refractivity contribution in [1.82, 2.24) is 0 Å². The summed E-state index contributed by atoms with van der Waals surface area (Å²) in [5.74, 6) is -0.673. The van der Waals surface area contributed by atoms with Gasteiger partial charge in [-0.3, -0.25) is 10.1 Å². The van der Waals surface area contributed by atoms with E-state index in [-0.39, 0.29) is 5.69 Å². The summed E-state index contributed by atoms with van der Waals surface area (Å²) in [6.07, 6.45) is 4.01. The highest BCUT2D eigenvalue weighted by atomic mass is 16.7. The molecule has 0 bridgehead atoms. The highest BCUT2D eigenvalue weighted by molar-refractivity contribution is 5.88. The lowest BCUT2D eigenvalue weighted by Crippen LogP contribution is -2.08. The van der Waals surface area contributed by atoms with Crippen molar-refractivity contribution in [3.8, 4) is 0 Å². The molecule has 7 nitrogen and oxygen atoms in total. The molecule has 2 aromatic carbocycles. The standard InChI is InChI=1S/C18H17N3O4/c1-20(2)16-9-6-15(7-10-16)13-19-25-18(22)11-8-14-4-3-5-17(12-14)21(23)24/h3-13H,1-2H3/b11-8+,19-13+. The van der Waals surface area contributed by atoms with E-state index in [0.29, 0.717) is 5.56 Å². The number of non-ortho nitro benzene ring substituents is 1. The van der Waals surface area contributed by atoms with Crippen LogP contribution in [0.2, 0.25) is 0 Å². The molecule has 0 spiro atoms. The smallest absolute Gasteiger partial charge is 0.358 e. The molecule has 0 aliphatic rings. The molecule has 0 aromatic heterocycles. The van der Waals surface area contributed by atoms with E-state index in [9.17, 15) is 14.9 Å². The second-order valence-electron chi connectivity index (χ2n) is 5.32. The van der Waals surface area contributed by atoms with Crippen LogP contribution in [0.4, 0.5) is 11.4 Å². The number of oxime groups is 1. The lowest BCUT2D eigenvalue weighted by molar-refractivity contribution is -0.384. The third-order valence-corrected chi connectivity index (χ3v) is 3.25. The Bertz CT molecular complexity index is 811. The maximum absolute atomic E-state index is 11.6. The molecule has 7 heteroatoms. The molecule has 0 aliphatic carbocycles. The van der Waals surface area contributed by atoms with Crippen molar-refractivity contribution in [3.63, 3.8) is 0 Å². The lowest BCUT2D eigenvalue weighted by Gasteiger charge is -2.11. The summed E-state index contributed by atoms with van der Waals surface area (Å²) in [4.78, 5) is 28.5. The Morgan fingerprint density at radius 2 is 1.88 bits per heavy atom.